The summed E-state index contributed by atoms with van der Waals surface area (Å²) in [7, 11) is 0. The lowest BCUT2D eigenvalue weighted by molar-refractivity contribution is 0.511. The molecule has 0 unspecified atom stereocenters. The van der Waals surface area contributed by atoms with Crippen LogP contribution in [0.25, 0.3) is 0 Å². The minimum Gasteiger partial charge on any atom is -0.408 e. The van der Waals surface area contributed by atoms with Gasteiger partial charge < -0.3 is 9.73 Å². The van der Waals surface area contributed by atoms with Gasteiger partial charge in [-0.15, -0.1) is 16.7 Å². The number of halogens is 3. The zero-order chi connectivity index (χ0) is 13.0. The number of rotatable bonds is 5. The molecule has 0 amide bonds. The first-order chi connectivity index (χ1) is 8.69. The summed E-state index contributed by atoms with van der Waals surface area (Å²) in [5.41, 5.74) is 0.313. The van der Waals surface area contributed by atoms with Gasteiger partial charge in [0.25, 0.3) is 0 Å². The van der Waals surface area contributed by atoms with Crippen LogP contribution >= 0.6 is 11.6 Å². The van der Waals surface area contributed by atoms with E-state index >= 15 is 0 Å². The van der Waals surface area contributed by atoms with Gasteiger partial charge in [0, 0.05) is 30.5 Å². The largest absolute Gasteiger partial charge is 0.408 e. The Balaban J connectivity index is 1.97. The van der Waals surface area contributed by atoms with E-state index in [9.17, 15) is 8.78 Å². The Labute approximate surface area is 107 Å². The molecule has 1 N–H and O–H groups in total. The molecule has 4 nitrogen and oxygen atoms in total. The van der Waals surface area contributed by atoms with E-state index < -0.39 is 11.6 Å². The summed E-state index contributed by atoms with van der Waals surface area (Å²) < 4.78 is 31.2. The predicted molar refractivity (Wildman–Crippen MR) is 62.4 cm³/mol. The van der Waals surface area contributed by atoms with E-state index in [1.165, 1.54) is 12.1 Å². The summed E-state index contributed by atoms with van der Waals surface area (Å²) in [6.07, 6.45) is 0.473. The molecule has 0 saturated carbocycles. The summed E-state index contributed by atoms with van der Waals surface area (Å²) in [5.74, 6) is -0.442. The molecule has 2 aromatic rings. The molecule has 2 rings (SSSR count). The van der Waals surface area contributed by atoms with Gasteiger partial charge in [0.1, 0.15) is 11.6 Å². The number of alkyl halides is 1. The number of aryl methyl sites for hydroxylation is 1. The van der Waals surface area contributed by atoms with Gasteiger partial charge in [-0.3, -0.25) is 0 Å². The van der Waals surface area contributed by atoms with Gasteiger partial charge >= 0.3 is 6.01 Å². The van der Waals surface area contributed by atoms with Crippen LogP contribution in [-0.4, -0.2) is 16.1 Å². The van der Waals surface area contributed by atoms with Crippen LogP contribution in [0, 0.1) is 11.6 Å². The number of anilines is 1. The van der Waals surface area contributed by atoms with Crippen LogP contribution in [-0.2, 0) is 13.0 Å². The van der Waals surface area contributed by atoms with Crippen LogP contribution in [0.5, 0.6) is 0 Å². The van der Waals surface area contributed by atoms with Gasteiger partial charge in [-0.1, -0.05) is 11.2 Å². The molecule has 18 heavy (non-hydrogen) atoms. The van der Waals surface area contributed by atoms with E-state index in [0.29, 0.717) is 23.8 Å². The quantitative estimate of drug-likeness (QED) is 0.851. The van der Waals surface area contributed by atoms with Crippen molar-refractivity contribution < 1.29 is 13.2 Å². The third kappa shape index (κ3) is 3.16. The van der Waals surface area contributed by atoms with Crippen molar-refractivity contribution in [3.8, 4) is 0 Å². The molecule has 0 aliphatic carbocycles. The van der Waals surface area contributed by atoms with Crippen LogP contribution in [0.1, 0.15) is 11.5 Å². The second kappa shape index (κ2) is 5.77. The van der Waals surface area contributed by atoms with Gasteiger partial charge in [0.2, 0.25) is 5.89 Å². The minimum absolute atomic E-state index is 0.134. The van der Waals surface area contributed by atoms with Gasteiger partial charge in [0.15, 0.2) is 0 Å². The van der Waals surface area contributed by atoms with Crippen molar-refractivity contribution in [1.82, 2.24) is 10.2 Å². The summed E-state index contributed by atoms with van der Waals surface area (Å²) >= 11 is 5.52. The first kappa shape index (κ1) is 12.8. The highest BCUT2D eigenvalue weighted by Crippen LogP contribution is 2.12. The SMILES string of the molecule is Fc1ccc(CNc2nnc(CCCl)o2)c(F)c1. The number of benzene rings is 1. The topological polar surface area (TPSA) is 51.0 Å². The summed E-state index contributed by atoms with van der Waals surface area (Å²) in [6, 6.07) is 3.54. The first-order valence-corrected chi connectivity index (χ1v) is 5.78. The lowest BCUT2D eigenvalue weighted by Crippen LogP contribution is -2.02. The number of aromatic nitrogens is 2. The maximum Gasteiger partial charge on any atom is 0.315 e. The molecule has 0 atom stereocenters. The van der Waals surface area contributed by atoms with E-state index in [0.717, 1.165) is 6.07 Å². The maximum atomic E-state index is 13.3. The second-order valence-electron chi connectivity index (χ2n) is 3.53. The minimum atomic E-state index is -0.622. The molecule has 0 saturated heterocycles. The fourth-order valence-electron chi connectivity index (χ4n) is 1.34. The Morgan fingerprint density at radius 1 is 1.28 bits per heavy atom. The van der Waals surface area contributed by atoms with Crippen molar-refractivity contribution in [2.24, 2.45) is 0 Å². The molecule has 96 valence electrons. The Bertz CT molecular complexity index is 533. The normalized spacial score (nSPS) is 10.6. The van der Waals surface area contributed by atoms with E-state index in [4.69, 9.17) is 16.0 Å². The average Bonchev–Trinajstić information content (AvgIpc) is 2.76. The Kier molecular flexibility index (Phi) is 4.09. The summed E-state index contributed by atoms with van der Waals surface area (Å²) in [6.45, 7) is 0.134. The van der Waals surface area contributed by atoms with E-state index in [1.807, 2.05) is 0 Å². The smallest absolute Gasteiger partial charge is 0.315 e. The van der Waals surface area contributed by atoms with Crippen molar-refractivity contribution in [2.45, 2.75) is 13.0 Å². The van der Waals surface area contributed by atoms with Gasteiger partial charge in [-0.25, -0.2) is 8.78 Å². The van der Waals surface area contributed by atoms with Crippen molar-refractivity contribution in [2.75, 3.05) is 11.2 Å². The number of nitrogens with one attached hydrogen (secondary N) is 1. The van der Waals surface area contributed by atoms with Crippen molar-refractivity contribution in [3.63, 3.8) is 0 Å². The molecule has 1 heterocycles. The monoisotopic (exact) mass is 273 g/mol. The van der Waals surface area contributed by atoms with Crippen LogP contribution in [0.2, 0.25) is 0 Å². The molecule has 0 spiro atoms. The predicted octanol–water partition coefficient (Wildman–Crippen LogP) is 2.74. The lowest BCUT2D eigenvalue weighted by Gasteiger charge is -2.03. The lowest BCUT2D eigenvalue weighted by atomic mass is 10.2. The van der Waals surface area contributed by atoms with Crippen LogP contribution in [0.3, 0.4) is 0 Å². The molecular formula is C11H10ClF2N3O. The Hall–Kier alpha value is -1.69. The molecular weight excluding hydrogens is 264 g/mol. The highest BCUT2D eigenvalue weighted by molar-refractivity contribution is 6.17. The van der Waals surface area contributed by atoms with Gasteiger partial charge in [-0.2, -0.15) is 0 Å². The average molecular weight is 274 g/mol. The Morgan fingerprint density at radius 2 is 2.11 bits per heavy atom. The molecule has 0 fully saturated rings. The molecule has 0 aliphatic heterocycles. The zero-order valence-electron chi connectivity index (χ0n) is 9.29. The highest BCUT2D eigenvalue weighted by atomic mass is 35.5. The zero-order valence-corrected chi connectivity index (χ0v) is 10.0. The van der Waals surface area contributed by atoms with E-state index in [2.05, 4.69) is 15.5 Å². The second-order valence-corrected chi connectivity index (χ2v) is 3.91. The van der Waals surface area contributed by atoms with Crippen molar-refractivity contribution in [3.05, 3.63) is 41.3 Å². The number of hydrogen-bond acceptors (Lipinski definition) is 4. The summed E-state index contributed by atoms with van der Waals surface area (Å²) in [5, 5.41) is 10.2. The molecule has 1 aromatic heterocycles. The van der Waals surface area contributed by atoms with Crippen LogP contribution in [0.4, 0.5) is 14.8 Å². The maximum absolute atomic E-state index is 13.3. The highest BCUT2D eigenvalue weighted by Gasteiger charge is 2.07. The van der Waals surface area contributed by atoms with E-state index in [1.54, 1.807) is 0 Å². The van der Waals surface area contributed by atoms with Crippen LogP contribution in [0.15, 0.2) is 22.6 Å². The Morgan fingerprint density at radius 3 is 2.83 bits per heavy atom. The first-order valence-electron chi connectivity index (χ1n) is 5.25. The third-order valence-electron chi connectivity index (χ3n) is 2.22. The third-order valence-corrected chi connectivity index (χ3v) is 2.41. The molecule has 0 aliphatic rings. The van der Waals surface area contributed by atoms with E-state index in [-0.39, 0.29) is 12.6 Å². The fourth-order valence-corrected chi connectivity index (χ4v) is 1.50. The molecule has 0 radical (unpaired) electrons. The fraction of sp³-hybridized carbons (Fsp3) is 0.273. The standard InChI is InChI=1S/C11H10ClF2N3O/c12-4-3-10-16-17-11(18-10)15-6-7-1-2-8(13)5-9(7)14/h1-2,5H,3-4,6H2,(H,15,17). The van der Waals surface area contributed by atoms with Gasteiger partial charge in [0.05, 0.1) is 0 Å². The molecule has 0 bridgehead atoms. The number of nitrogens with zero attached hydrogens (tertiary/aromatic N) is 2. The summed E-state index contributed by atoms with van der Waals surface area (Å²) in [4.78, 5) is 0. The number of hydrogen-bond donors (Lipinski definition) is 1. The molecule has 7 heteroatoms. The van der Waals surface area contributed by atoms with Gasteiger partial charge in [-0.05, 0) is 6.07 Å². The van der Waals surface area contributed by atoms with Crippen molar-refractivity contribution >= 4 is 17.6 Å². The van der Waals surface area contributed by atoms with Crippen LogP contribution < -0.4 is 5.32 Å². The van der Waals surface area contributed by atoms with Crippen molar-refractivity contribution in [1.29, 1.82) is 0 Å². The molecule has 1 aromatic carbocycles.